The fourth-order valence-corrected chi connectivity index (χ4v) is 2.44. The van der Waals surface area contributed by atoms with Crippen molar-refractivity contribution in [2.75, 3.05) is 0 Å². The Morgan fingerprint density at radius 1 is 1.12 bits per heavy atom. The molecule has 1 aliphatic heterocycles. The van der Waals surface area contributed by atoms with E-state index in [1.807, 2.05) is 27.7 Å². The average molecular weight is 350 g/mol. The molecule has 126 valence electrons. The number of furan rings is 1. The topological polar surface area (TPSA) is 44.5 Å². The number of pyridine rings is 1. The highest BCUT2D eigenvalue weighted by molar-refractivity contribution is 6.54. The van der Waals surface area contributed by atoms with Crippen LogP contribution in [0.3, 0.4) is 0 Å². The fourth-order valence-electron chi connectivity index (χ4n) is 2.27. The molecule has 1 fully saturated rings. The highest BCUT2D eigenvalue weighted by Crippen LogP contribution is 2.39. The molecule has 0 N–H and O–H groups in total. The number of rotatable bonds is 3. The van der Waals surface area contributed by atoms with Crippen molar-refractivity contribution in [3.05, 3.63) is 47.0 Å². The van der Waals surface area contributed by atoms with Crippen LogP contribution in [0.2, 0.25) is 5.15 Å². The van der Waals surface area contributed by atoms with Crippen LogP contribution in [0.1, 0.15) is 33.5 Å². The van der Waals surface area contributed by atoms with Crippen molar-refractivity contribution in [2.45, 2.75) is 38.9 Å². The van der Waals surface area contributed by atoms with Crippen molar-refractivity contribution in [2.24, 2.45) is 0 Å². The molecule has 0 atom stereocenters. The molecule has 3 heterocycles. The first-order chi connectivity index (χ1) is 11.2. The summed E-state index contributed by atoms with van der Waals surface area (Å²) in [5.74, 6) is 0.851. The van der Waals surface area contributed by atoms with Crippen molar-refractivity contribution in [3.8, 4) is 11.5 Å². The predicted octanol–water partition coefficient (Wildman–Crippen LogP) is 4.94. The maximum atomic E-state index is 14.5. The molecule has 2 aromatic rings. The molecule has 0 bridgehead atoms. The summed E-state index contributed by atoms with van der Waals surface area (Å²) in [7, 11) is -1.05. The molecule has 0 amide bonds. The molecule has 4 nitrogen and oxygen atoms in total. The van der Waals surface area contributed by atoms with E-state index in [0.29, 0.717) is 22.4 Å². The molecule has 0 aromatic carbocycles. The first-order valence-electron chi connectivity index (χ1n) is 7.63. The Morgan fingerprint density at radius 2 is 1.79 bits per heavy atom. The molecule has 0 aliphatic carbocycles. The summed E-state index contributed by atoms with van der Waals surface area (Å²) in [6.45, 7) is 7.48. The van der Waals surface area contributed by atoms with E-state index in [4.69, 9.17) is 25.3 Å². The second-order valence-corrected chi connectivity index (χ2v) is 7.05. The number of hydrogen-bond acceptors (Lipinski definition) is 4. The molecular formula is C17H18BClFNO3. The van der Waals surface area contributed by atoms with E-state index < -0.39 is 24.0 Å². The zero-order valence-electron chi connectivity index (χ0n) is 14.0. The highest BCUT2D eigenvalue weighted by atomic mass is 35.5. The van der Waals surface area contributed by atoms with Gasteiger partial charge in [0.2, 0.25) is 0 Å². The van der Waals surface area contributed by atoms with Gasteiger partial charge in [0.05, 0.1) is 11.2 Å². The lowest BCUT2D eigenvalue weighted by atomic mass is 9.87. The normalized spacial score (nSPS) is 19.8. The van der Waals surface area contributed by atoms with Crippen LogP contribution in [0.5, 0.6) is 0 Å². The maximum Gasteiger partial charge on any atom is 0.525 e. The van der Waals surface area contributed by atoms with Gasteiger partial charge in [0.25, 0.3) is 0 Å². The van der Waals surface area contributed by atoms with Crippen molar-refractivity contribution in [1.82, 2.24) is 4.98 Å². The molecule has 1 saturated heterocycles. The summed E-state index contributed by atoms with van der Waals surface area (Å²) in [4.78, 5) is 4.16. The van der Waals surface area contributed by atoms with E-state index in [0.717, 1.165) is 0 Å². The van der Waals surface area contributed by atoms with Gasteiger partial charge in [0.15, 0.2) is 5.76 Å². The zero-order valence-corrected chi connectivity index (χ0v) is 14.7. The highest BCUT2D eigenvalue weighted by Gasteiger charge is 2.53. The monoisotopic (exact) mass is 349 g/mol. The van der Waals surface area contributed by atoms with E-state index in [2.05, 4.69) is 4.98 Å². The number of hydrogen-bond donors (Lipinski definition) is 0. The average Bonchev–Trinajstić information content (AvgIpc) is 3.02. The van der Waals surface area contributed by atoms with Crippen molar-refractivity contribution in [1.29, 1.82) is 0 Å². The van der Waals surface area contributed by atoms with Gasteiger partial charge in [-0.15, -0.1) is 0 Å². The van der Waals surface area contributed by atoms with Gasteiger partial charge in [-0.05, 0) is 52.0 Å². The Balaban J connectivity index is 1.80. The summed E-state index contributed by atoms with van der Waals surface area (Å²) < 4.78 is 31.4. The summed E-state index contributed by atoms with van der Waals surface area (Å²) >= 11 is 5.87. The Labute approximate surface area is 145 Å². The third kappa shape index (κ3) is 3.27. The number of aromatic nitrogens is 1. The molecular weight excluding hydrogens is 331 g/mol. The first kappa shape index (κ1) is 17.2. The Hall–Kier alpha value is -1.63. The van der Waals surface area contributed by atoms with E-state index in [-0.39, 0.29) is 0 Å². The van der Waals surface area contributed by atoms with Crippen LogP contribution >= 0.6 is 11.6 Å². The first-order valence-corrected chi connectivity index (χ1v) is 8.01. The SMILES string of the molecule is CC1(C)OB(C(F)=Cc2ccc(-c3cccc(Cl)n3)o2)OC1(C)C. The van der Waals surface area contributed by atoms with E-state index in [1.54, 1.807) is 30.3 Å². The van der Waals surface area contributed by atoms with Gasteiger partial charge in [-0.1, -0.05) is 17.7 Å². The summed E-state index contributed by atoms with van der Waals surface area (Å²) in [6, 6.07) is 8.58. The Bertz CT molecular complexity index is 772. The molecule has 2 aromatic heterocycles. The van der Waals surface area contributed by atoms with E-state index >= 15 is 0 Å². The molecule has 0 unspecified atom stereocenters. The summed E-state index contributed by atoms with van der Waals surface area (Å²) in [6.07, 6.45) is 1.26. The maximum absolute atomic E-state index is 14.5. The minimum atomic E-state index is -1.05. The van der Waals surface area contributed by atoms with Gasteiger partial charge in [-0.2, -0.15) is 0 Å². The third-order valence-corrected chi connectivity index (χ3v) is 4.56. The van der Waals surface area contributed by atoms with E-state index in [1.165, 1.54) is 6.08 Å². The second-order valence-electron chi connectivity index (χ2n) is 6.67. The van der Waals surface area contributed by atoms with Crippen molar-refractivity contribution < 1.29 is 18.1 Å². The minimum Gasteiger partial charge on any atom is -0.455 e. The quantitative estimate of drug-likeness (QED) is 0.582. The Morgan fingerprint density at radius 3 is 2.42 bits per heavy atom. The molecule has 0 radical (unpaired) electrons. The molecule has 1 aliphatic rings. The fraction of sp³-hybridized carbons (Fsp3) is 0.353. The number of nitrogens with zero attached hydrogens (tertiary/aromatic N) is 1. The van der Waals surface area contributed by atoms with Crippen molar-refractivity contribution in [3.63, 3.8) is 0 Å². The molecule has 0 spiro atoms. The van der Waals surface area contributed by atoms with Crippen LogP contribution in [0.25, 0.3) is 17.5 Å². The lowest BCUT2D eigenvalue weighted by molar-refractivity contribution is 0.00578. The smallest absolute Gasteiger partial charge is 0.455 e. The lowest BCUT2D eigenvalue weighted by Crippen LogP contribution is -2.41. The van der Waals surface area contributed by atoms with Crippen LogP contribution in [0, 0.1) is 0 Å². The van der Waals surface area contributed by atoms with Gasteiger partial charge in [-0.3, -0.25) is 0 Å². The summed E-state index contributed by atoms with van der Waals surface area (Å²) in [5, 5.41) is 0.365. The van der Waals surface area contributed by atoms with Crippen LogP contribution in [0.4, 0.5) is 4.39 Å². The standard InChI is InChI=1S/C17H18BClFNO3/c1-16(2)17(3,4)24-18(23-16)14(20)10-11-8-9-13(22-11)12-6-5-7-15(19)21-12/h5-10H,1-4H3. The second kappa shape index (κ2) is 6.03. The molecule has 3 rings (SSSR count). The van der Waals surface area contributed by atoms with Gasteiger partial charge in [-0.25, -0.2) is 9.37 Å². The minimum absolute atomic E-state index is 0.346. The predicted molar refractivity (Wildman–Crippen MR) is 92.1 cm³/mol. The van der Waals surface area contributed by atoms with Crippen molar-refractivity contribution >= 4 is 24.8 Å². The summed E-state index contributed by atoms with van der Waals surface area (Å²) in [5.41, 5.74) is -1.16. The molecule has 24 heavy (non-hydrogen) atoms. The van der Waals surface area contributed by atoms with Crippen LogP contribution < -0.4 is 0 Å². The number of halogens is 2. The van der Waals surface area contributed by atoms with Gasteiger partial charge in [0.1, 0.15) is 22.3 Å². The molecule has 7 heteroatoms. The lowest BCUT2D eigenvalue weighted by Gasteiger charge is -2.32. The third-order valence-electron chi connectivity index (χ3n) is 4.35. The van der Waals surface area contributed by atoms with E-state index in [9.17, 15) is 4.39 Å². The molecule has 0 saturated carbocycles. The van der Waals surface area contributed by atoms with Crippen LogP contribution in [-0.4, -0.2) is 23.3 Å². The van der Waals surface area contributed by atoms with Gasteiger partial charge in [0, 0.05) is 6.08 Å². The Kier molecular flexibility index (Phi) is 4.32. The van der Waals surface area contributed by atoms with Crippen LogP contribution in [0.15, 0.2) is 40.5 Å². The van der Waals surface area contributed by atoms with Gasteiger partial charge >= 0.3 is 7.12 Å². The van der Waals surface area contributed by atoms with Gasteiger partial charge < -0.3 is 13.7 Å². The largest absolute Gasteiger partial charge is 0.525 e. The zero-order chi connectivity index (χ0) is 17.5. The van der Waals surface area contributed by atoms with Crippen LogP contribution in [-0.2, 0) is 9.31 Å².